The fourth-order valence-corrected chi connectivity index (χ4v) is 4.91. The number of halogens is 3. The highest BCUT2D eigenvalue weighted by Crippen LogP contribution is 2.42. The van der Waals surface area contributed by atoms with Crippen LogP contribution in [0.25, 0.3) is 0 Å². The molecule has 0 aromatic heterocycles. The quantitative estimate of drug-likeness (QED) is 0.549. The number of ether oxygens (including phenoxy) is 2. The average molecular weight is 552 g/mol. The molecule has 1 aliphatic heterocycles. The van der Waals surface area contributed by atoms with Gasteiger partial charge in [-0.05, 0) is 50.6 Å². The van der Waals surface area contributed by atoms with E-state index in [1.54, 1.807) is 45.0 Å². The molecule has 1 saturated carbocycles. The van der Waals surface area contributed by atoms with E-state index >= 15 is 0 Å². The van der Waals surface area contributed by atoms with Crippen molar-refractivity contribution >= 4 is 35.4 Å². The first kappa shape index (κ1) is 27.6. The van der Waals surface area contributed by atoms with Gasteiger partial charge in [-0.2, -0.15) is 0 Å². The number of nitrogens with one attached hydrogen (secondary N) is 2. The second-order valence-electron chi connectivity index (χ2n) is 10.1. The standard InChI is InChI=1S/C26H28F3N3O5S/c1-25(2,3)37-24(35)30-18-13-38-20-10-17(27)16(22(33)31-21-11-26(21,28)29)9-19(20)32(23(18)34)12-14-5-7-15(36-4)8-6-14/h5-10,18,21H,11-13H2,1-4H3,(H,30,35)(H,31,33)/t18-,21?/m0/s1. The Morgan fingerprint density at radius 2 is 1.82 bits per heavy atom. The molecule has 3 amide bonds. The molecular weight excluding hydrogens is 523 g/mol. The monoisotopic (exact) mass is 551 g/mol. The van der Waals surface area contributed by atoms with Gasteiger partial charge >= 0.3 is 6.09 Å². The van der Waals surface area contributed by atoms with Crippen molar-refractivity contribution in [3.05, 3.63) is 53.3 Å². The van der Waals surface area contributed by atoms with E-state index in [4.69, 9.17) is 9.47 Å². The van der Waals surface area contributed by atoms with Gasteiger partial charge in [0.25, 0.3) is 17.7 Å². The number of nitrogens with zero attached hydrogens (tertiary/aromatic N) is 1. The molecule has 12 heteroatoms. The molecule has 1 unspecified atom stereocenters. The molecule has 2 aromatic carbocycles. The maximum atomic E-state index is 15.0. The van der Waals surface area contributed by atoms with E-state index < -0.39 is 59.3 Å². The molecule has 1 aliphatic carbocycles. The number of rotatable bonds is 6. The summed E-state index contributed by atoms with van der Waals surface area (Å²) < 4.78 is 52.1. The number of benzene rings is 2. The number of alkyl halides is 2. The Bertz CT molecular complexity index is 1250. The molecule has 1 fully saturated rings. The van der Waals surface area contributed by atoms with Crippen LogP contribution in [0.2, 0.25) is 0 Å². The number of amides is 3. The number of carbonyl (C=O) groups excluding carboxylic acids is 3. The molecule has 2 N–H and O–H groups in total. The average Bonchev–Trinajstić information content (AvgIpc) is 3.46. The lowest BCUT2D eigenvalue weighted by atomic mass is 10.1. The number of hydrogen-bond acceptors (Lipinski definition) is 6. The molecule has 38 heavy (non-hydrogen) atoms. The normalized spacial score (nSPS) is 20.2. The SMILES string of the molecule is COc1ccc(CN2C(=O)[C@@H](NC(=O)OC(C)(C)C)CSc3cc(F)c(C(=O)NC4CC4(F)F)cc32)cc1. The van der Waals surface area contributed by atoms with Gasteiger partial charge in [0, 0.05) is 17.1 Å². The minimum absolute atomic E-state index is 0.0241. The third kappa shape index (κ3) is 6.35. The van der Waals surface area contributed by atoms with Crippen LogP contribution in [0, 0.1) is 5.82 Å². The van der Waals surface area contributed by atoms with Crippen LogP contribution in [0.15, 0.2) is 41.3 Å². The van der Waals surface area contributed by atoms with Gasteiger partial charge in [0.05, 0.1) is 30.9 Å². The molecular formula is C26H28F3N3O5S. The smallest absolute Gasteiger partial charge is 0.408 e. The Morgan fingerprint density at radius 3 is 2.39 bits per heavy atom. The minimum Gasteiger partial charge on any atom is -0.497 e. The maximum absolute atomic E-state index is 15.0. The Labute approximate surface area is 222 Å². The maximum Gasteiger partial charge on any atom is 0.408 e. The number of hydrogen-bond donors (Lipinski definition) is 2. The molecule has 0 saturated heterocycles. The number of alkyl carbamates (subject to hydrolysis) is 1. The number of methoxy groups -OCH3 is 1. The predicted molar refractivity (Wildman–Crippen MR) is 135 cm³/mol. The molecule has 0 spiro atoms. The van der Waals surface area contributed by atoms with E-state index in [2.05, 4.69) is 10.6 Å². The lowest BCUT2D eigenvalue weighted by Crippen LogP contribution is -2.50. The van der Waals surface area contributed by atoms with Crippen molar-refractivity contribution in [3.63, 3.8) is 0 Å². The molecule has 0 bridgehead atoms. The van der Waals surface area contributed by atoms with E-state index in [1.165, 1.54) is 18.1 Å². The van der Waals surface area contributed by atoms with Crippen LogP contribution in [-0.2, 0) is 16.1 Å². The number of carbonyl (C=O) groups is 3. The van der Waals surface area contributed by atoms with Crippen molar-refractivity contribution in [2.24, 2.45) is 0 Å². The van der Waals surface area contributed by atoms with Crippen molar-refractivity contribution in [2.45, 2.75) is 62.2 Å². The lowest BCUT2D eigenvalue weighted by molar-refractivity contribution is -0.120. The summed E-state index contributed by atoms with van der Waals surface area (Å²) in [5.74, 6) is -4.76. The minimum atomic E-state index is -3.02. The summed E-state index contributed by atoms with van der Waals surface area (Å²) in [7, 11) is 1.52. The number of anilines is 1. The largest absolute Gasteiger partial charge is 0.497 e. The Balaban J connectivity index is 1.67. The van der Waals surface area contributed by atoms with E-state index in [1.807, 2.05) is 0 Å². The zero-order chi connectivity index (χ0) is 27.8. The zero-order valence-electron chi connectivity index (χ0n) is 21.3. The van der Waals surface area contributed by atoms with E-state index in [0.717, 1.165) is 17.8 Å². The van der Waals surface area contributed by atoms with Gasteiger partial charge in [-0.25, -0.2) is 18.0 Å². The third-order valence-electron chi connectivity index (χ3n) is 5.88. The van der Waals surface area contributed by atoms with Gasteiger partial charge in [-0.1, -0.05) is 12.1 Å². The summed E-state index contributed by atoms with van der Waals surface area (Å²) in [4.78, 5) is 40.5. The van der Waals surface area contributed by atoms with Crippen molar-refractivity contribution in [1.29, 1.82) is 0 Å². The molecule has 2 atom stereocenters. The van der Waals surface area contributed by atoms with Crippen LogP contribution in [0.3, 0.4) is 0 Å². The first-order chi connectivity index (χ1) is 17.8. The number of fused-ring (bicyclic) bond motifs is 1. The van der Waals surface area contributed by atoms with E-state index in [-0.39, 0.29) is 18.0 Å². The molecule has 2 aromatic rings. The van der Waals surface area contributed by atoms with Gasteiger partial charge in [0.2, 0.25) is 0 Å². The Kier molecular flexibility index (Phi) is 7.55. The first-order valence-corrected chi connectivity index (χ1v) is 12.8. The molecule has 8 nitrogen and oxygen atoms in total. The van der Waals surface area contributed by atoms with Crippen LogP contribution in [0.1, 0.15) is 43.1 Å². The summed E-state index contributed by atoms with van der Waals surface area (Å²) in [5, 5.41) is 4.72. The van der Waals surface area contributed by atoms with Crippen molar-refractivity contribution in [2.75, 3.05) is 17.8 Å². The number of thioether (sulfide) groups is 1. The molecule has 4 rings (SSSR count). The highest BCUT2D eigenvalue weighted by Gasteiger charge is 2.58. The Hall–Kier alpha value is -3.41. The third-order valence-corrected chi connectivity index (χ3v) is 7.01. The summed E-state index contributed by atoms with van der Waals surface area (Å²) in [6.45, 7) is 5.09. The molecule has 204 valence electrons. The van der Waals surface area contributed by atoms with Crippen molar-refractivity contribution in [3.8, 4) is 5.75 Å². The summed E-state index contributed by atoms with van der Waals surface area (Å²) >= 11 is 1.12. The van der Waals surface area contributed by atoms with Gasteiger partial charge in [0.15, 0.2) is 0 Å². The second kappa shape index (κ2) is 10.4. The first-order valence-electron chi connectivity index (χ1n) is 11.9. The highest BCUT2D eigenvalue weighted by atomic mass is 32.2. The molecule has 0 radical (unpaired) electrons. The summed E-state index contributed by atoms with van der Waals surface area (Å²) in [6, 6.07) is 6.81. The topological polar surface area (TPSA) is 97.0 Å². The summed E-state index contributed by atoms with van der Waals surface area (Å²) in [6.07, 6.45) is -1.30. The fraction of sp³-hybridized carbons (Fsp3) is 0.423. The van der Waals surface area contributed by atoms with Gasteiger partial charge < -0.3 is 25.0 Å². The van der Waals surface area contributed by atoms with Crippen LogP contribution in [0.5, 0.6) is 5.75 Å². The van der Waals surface area contributed by atoms with E-state index in [0.29, 0.717) is 16.2 Å². The van der Waals surface area contributed by atoms with Gasteiger partial charge in [0.1, 0.15) is 23.2 Å². The van der Waals surface area contributed by atoms with Gasteiger partial charge in [-0.3, -0.25) is 9.59 Å². The molecule has 1 heterocycles. The van der Waals surface area contributed by atoms with Crippen LogP contribution >= 0.6 is 11.8 Å². The zero-order valence-corrected chi connectivity index (χ0v) is 22.1. The predicted octanol–water partition coefficient (Wildman–Crippen LogP) is 4.50. The Morgan fingerprint density at radius 1 is 1.16 bits per heavy atom. The fourth-order valence-electron chi connectivity index (χ4n) is 3.83. The van der Waals surface area contributed by atoms with Crippen LogP contribution in [-0.4, -0.2) is 54.4 Å². The van der Waals surface area contributed by atoms with Crippen molar-refractivity contribution < 1.29 is 37.0 Å². The summed E-state index contributed by atoms with van der Waals surface area (Å²) in [5.41, 5.74) is -0.335. The molecule has 2 aliphatic rings. The van der Waals surface area contributed by atoms with E-state index in [9.17, 15) is 27.6 Å². The van der Waals surface area contributed by atoms with Crippen LogP contribution in [0.4, 0.5) is 23.7 Å². The second-order valence-corrected chi connectivity index (χ2v) is 11.1. The van der Waals surface area contributed by atoms with Crippen molar-refractivity contribution in [1.82, 2.24) is 10.6 Å². The van der Waals surface area contributed by atoms with Crippen LogP contribution < -0.4 is 20.3 Å². The lowest BCUT2D eigenvalue weighted by Gasteiger charge is -2.27. The van der Waals surface area contributed by atoms with Gasteiger partial charge in [-0.15, -0.1) is 11.8 Å². The highest BCUT2D eigenvalue weighted by molar-refractivity contribution is 7.99.